The highest BCUT2D eigenvalue weighted by Crippen LogP contribution is 2.31. The van der Waals surface area contributed by atoms with E-state index in [1.54, 1.807) is 4.57 Å². The topological polar surface area (TPSA) is 67.2 Å². The van der Waals surface area contributed by atoms with Crippen LogP contribution >= 0.6 is 0 Å². The first-order chi connectivity index (χ1) is 11.6. The van der Waals surface area contributed by atoms with Gasteiger partial charge in [0.15, 0.2) is 0 Å². The van der Waals surface area contributed by atoms with E-state index < -0.39 is 0 Å². The van der Waals surface area contributed by atoms with E-state index >= 15 is 0 Å². The van der Waals surface area contributed by atoms with E-state index in [9.17, 15) is 9.59 Å². The summed E-state index contributed by atoms with van der Waals surface area (Å²) in [4.78, 5) is 31.2. The Hall–Kier alpha value is -2.63. The largest absolute Gasteiger partial charge is 0.352 e. The molecule has 0 radical (unpaired) electrons. The number of likely N-dealkylation sites (N-methyl/N-ethyl adjacent to an activating group) is 1. The SMILES string of the molecule is CCCCNC(=O)c1cnc2n(c1=O)CC(c1ccccc1)N2C. The summed E-state index contributed by atoms with van der Waals surface area (Å²) in [5.41, 5.74) is 0.954. The van der Waals surface area contributed by atoms with Gasteiger partial charge in [0.05, 0.1) is 12.6 Å². The van der Waals surface area contributed by atoms with Crippen LogP contribution in [0.3, 0.4) is 0 Å². The van der Waals surface area contributed by atoms with E-state index in [0.29, 0.717) is 19.0 Å². The number of unbranched alkanes of at least 4 members (excludes halogenated alkanes) is 1. The number of nitrogens with zero attached hydrogens (tertiary/aromatic N) is 3. The Bertz CT molecular complexity index is 785. The second-order valence-corrected chi connectivity index (χ2v) is 6.03. The van der Waals surface area contributed by atoms with Gasteiger partial charge in [-0.15, -0.1) is 0 Å². The number of fused-ring (bicyclic) bond motifs is 1. The lowest BCUT2D eigenvalue weighted by molar-refractivity contribution is 0.0950. The normalized spacial score (nSPS) is 16.1. The maximum atomic E-state index is 12.7. The molecular weight excluding hydrogens is 304 g/mol. The van der Waals surface area contributed by atoms with Crippen molar-refractivity contribution >= 4 is 11.9 Å². The summed E-state index contributed by atoms with van der Waals surface area (Å²) in [5.74, 6) is 0.251. The Kier molecular flexibility index (Phi) is 4.64. The molecule has 1 unspecified atom stereocenters. The van der Waals surface area contributed by atoms with Gasteiger partial charge < -0.3 is 10.2 Å². The molecule has 0 bridgehead atoms. The van der Waals surface area contributed by atoms with Gasteiger partial charge in [-0.1, -0.05) is 43.7 Å². The minimum absolute atomic E-state index is 0.0461. The average Bonchev–Trinajstić information content (AvgIpc) is 2.94. The van der Waals surface area contributed by atoms with Gasteiger partial charge in [-0.2, -0.15) is 0 Å². The third kappa shape index (κ3) is 2.91. The fraction of sp³-hybridized carbons (Fsp3) is 0.389. The molecule has 1 aromatic carbocycles. The number of hydrogen-bond acceptors (Lipinski definition) is 4. The number of nitrogens with one attached hydrogen (secondary N) is 1. The van der Waals surface area contributed by atoms with Crippen LogP contribution in [0, 0.1) is 0 Å². The lowest BCUT2D eigenvalue weighted by Crippen LogP contribution is -2.33. The fourth-order valence-corrected chi connectivity index (χ4v) is 3.00. The van der Waals surface area contributed by atoms with Gasteiger partial charge in [0.25, 0.3) is 11.5 Å². The molecule has 0 saturated heterocycles. The number of anilines is 1. The molecule has 3 rings (SSSR count). The van der Waals surface area contributed by atoms with Gasteiger partial charge in [0.2, 0.25) is 5.95 Å². The molecular formula is C18H22N4O2. The molecule has 1 aromatic heterocycles. The molecule has 126 valence electrons. The zero-order valence-electron chi connectivity index (χ0n) is 14.0. The maximum absolute atomic E-state index is 12.7. The average molecular weight is 326 g/mol. The quantitative estimate of drug-likeness (QED) is 0.853. The first-order valence-corrected chi connectivity index (χ1v) is 8.29. The van der Waals surface area contributed by atoms with Crippen LogP contribution in [0.4, 0.5) is 5.95 Å². The van der Waals surface area contributed by atoms with Gasteiger partial charge in [-0.3, -0.25) is 14.2 Å². The van der Waals surface area contributed by atoms with E-state index in [1.807, 2.05) is 42.3 Å². The molecule has 0 fully saturated rings. The lowest BCUT2D eigenvalue weighted by atomic mass is 10.1. The number of hydrogen-bond donors (Lipinski definition) is 1. The number of rotatable bonds is 5. The van der Waals surface area contributed by atoms with Gasteiger partial charge in [-0.25, -0.2) is 4.98 Å². The number of benzene rings is 1. The first-order valence-electron chi connectivity index (χ1n) is 8.29. The van der Waals surface area contributed by atoms with Crippen LogP contribution in [0.25, 0.3) is 0 Å². The molecule has 1 N–H and O–H groups in total. The Morgan fingerprint density at radius 2 is 2.08 bits per heavy atom. The monoisotopic (exact) mass is 326 g/mol. The molecule has 1 aliphatic rings. The molecule has 2 heterocycles. The summed E-state index contributed by atoms with van der Waals surface area (Å²) >= 11 is 0. The predicted octanol–water partition coefficient (Wildman–Crippen LogP) is 1.96. The van der Waals surface area contributed by atoms with E-state index in [-0.39, 0.29) is 23.1 Å². The van der Waals surface area contributed by atoms with Gasteiger partial charge in [0.1, 0.15) is 5.56 Å². The Balaban J connectivity index is 1.87. The number of carbonyl (C=O) groups excluding carboxylic acids is 1. The van der Waals surface area contributed by atoms with Crippen LogP contribution in [0.15, 0.2) is 41.3 Å². The molecule has 1 amide bonds. The maximum Gasteiger partial charge on any atom is 0.267 e. The molecule has 2 aromatic rings. The molecule has 6 heteroatoms. The summed E-state index contributed by atoms with van der Waals surface area (Å²) in [6.07, 6.45) is 3.27. The lowest BCUT2D eigenvalue weighted by Gasteiger charge is -2.20. The Morgan fingerprint density at radius 3 is 2.79 bits per heavy atom. The highest BCUT2D eigenvalue weighted by molar-refractivity contribution is 5.93. The summed E-state index contributed by atoms with van der Waals surface area (Å²) in [5, 5.41) is 2.78. The van der Waals surface area contributed by atoms with Crippen LogP contribution in [0.5, 0.6) is 0 Å². The molecule has 6 nitrogen and oxygen atoms in total. The van der Waals surface area contributed by atoms with Crippen LogP contribution in [-0.4, -0.2) is 29.1 Å². The smallest absolute Gasteiger partial charge is 0.267 e. The van der Waals surface area contributed by atoms with E-state index in [0.717, 1.165) is 18.4 Å². The van der Waals surface area contributed by atoms with Crippen LogP contribution in [0.2, 0.25) is 0 Å². The molecule has 0 saturated carbocycles. The molecule has 1 atom stereocenters. The van der Waals surface area contributed by atoms with Gasteiger partial charge in [-0.05, 0) is 12.0 Å². The van der Waals surface area contributed by atoms with Crippen molar-refractivity contribution in [3.8, 4) is 0 Å². The Labute approximate surface area is 141 Å². The highest BCUT2D eigenvalue weighted by Gasteiger charge is 2.31. The van der Waals surface area contributed by atoms with Crippen LogP contribution < -0.4 is 15.8 Å². The molecule has 1 aliphatic heterocycles. The zero-order valence-corrected chi connectivity index (χ0v) is 14.0. The molecule has 24 heavy (non-hydrogen) atoms. The Morgan fingerprint density at radius 1 is 1.33 bits per heavy atom. The number of carbonyl (C=O) groups is 1. The summed E-state index contributed by atoms with van der Waals surface area (Å²) in [7, 11) is 1.92. The second kappa shape index (κ2) is 6.86. The third-order valence-corrected chi connectivity index (χ3v) is 4.41. The standard InChI is InChI=1S/C18H22N4O2/c1-3-4-10-19-16(23)14-11-20-18-21(2)15(12-22(18)17(14)24)13-8-6-5-7-9-13/h5-9,11,15H,3-4,10,12H2,1-2H3,(H,19,23). The van der Waals surface area contributed by atoms with Crippen LogP contribution in [0.1, 0.15) is 41.7 Å². The van der Waals surface area contributed by atoms with E-state index in [4.69, 9.17) is 0 Å². The molecule has 0 aliphatic carbocycles. The van der Waals surface area contributed by atoms with Crippen molar-refractivity contribution in [3.63, 3.8) is 0 Å². The zero-order chi connectivity index (χ0) is 17.1. The van der Waals surface area contributed by atoms with Crippen molar-refractivity contribution in [1.29, 1.82) is 0 Å². The van der Waals surface area contributed by atoms with Crippen molar-refractivity contribution in [3.05, 3.63) is 58.0 Å². The minimum Gasteiger partial charge on any atom is -0.352 e. The van der Waals surface area contributed by atoms with E-state index in [2.05, 4.69) is 17.2 Å². The van der Waals surface area contributed by atoms with Crippen LogP contribution in [-0.2, 0) is 6.54 Å². The summed E-state index contributed by atoms with van der Waals surface area (Å²) < 4.78 is 1.59. The van der Waals surface area contributed by atoms with E-state index in [1.165, 1.54) is 6.20 Å². The number of amides is 1. The van der Waals surface area contributed by atoms with Gasteiger partial charge in [0, 0.05) is 19.8 Å². The first kappa shape index (κ1) is 16.2. The minimum atomic E-state index is -0.345. The van der Waals surface area contributed by atoms with Gasteiger partial charge >= 0.3 is 0 Å². The second-order valence-electron chi connectivity index (χ2n) is 6.03. The highest BCUT2D eigenvalue weighted by atomic mass is 16.2. The third-order valence-electron chi connectivity index (χ3n) is 4.41. The summed E-state index contributed by atoms with van der Waals surface area (Å²) in [6, 6.07) is 10.1. The van der Waals surface area contributed by atoms with Crippen molar-refractivity contribution in [1.82, 2.24) is 14.9 Å². The fourth-order valence-electron chi connectivity index (χ4n) is 3.00. The van der Waals surface area contributed by atoms with Crippen molar-refractivity contribution < 1.29 is 4.79 Å². The number of aromatic nitrogens is 2. The van der Waals surface area contributed by atoms with Crippen molar-refractivity contribution in [2.75, 3.05) is 18.5 Å². The summed E-state index contributed by atoms with van der Waals surface area (Å²) in [6.45, 7) is 3.12. The predicted molar refractivity (Wildman–Crippen MR) is 93.3 cm³/mol. The van der Waals surface area contributed by atoms with Crippen molar-refractivity contribution in [2.45, 2.75) is 32.4 Å². The molecule has 0 spiro atoms. The van der Waals surface area contributed by atoms with Crippen molar-refractivity contribution in [2.24, 2.45) is 0 Å².